The highest BCUT2D eigenvalue weighted by atomic mass is 16.3. The smallest absolute Gasteiger partial charge is 0.270 e. The van der Waals surface area contributed by atoms with Gasteiger partial charge in [-0.15, -0.1) is 0 Å². The number of carbonyl (C=O) groups excluding carboxylic acids is 1. The van der Waals surface area contributed by atoms with Crippen molar-refractivity contribution in [2.75, 3.05) is 7.05 Å². The Hall–Kier alpha value is -3.22. The predicted molar refractivity (Wildman–Crippen MR) is 102 cm³/mol. The third-order valence-corrected chi connectivity index (χ3v) is 4.63. The molecule has 3 heterocycles. The van der Waals surface area contributed by atoms with E-state index in [0.717, 1.165) is 24.8 Å². The van der Waals surface area contributed by atoms with E-state index in [9.17, 15) is 14.7 Å². The lowest BCUT2D eigenvalue weighted by Gasteiger charge is -2.28. The van der Waals surface area contributed by atoms with Crippen LogP contribution >= 0.6 is 0 Å². The fourth-order valence-corrected chi connectivity index (χ4v) is 3.12. The zero-order valence-electron chi connectivity index (χ0n) is 15.4. The molecule has 7 heteroatoms. The molecule has 3 aromatic rings. The Morgan fingerprint density at radius 3 is 2.81 bits per heavy atom. The number of hydrogen-bond acceptors (Lipinski definition) is 5. The topological polar surface area (TPSA) is 87.8 Å². The highest BCUT2D eigenvalue weighted by Crippen LogP contribution is 2.26. The van der Waals surface area contributed by atoms with Crippen LogP contribution in [0.25, 0.3) is 5.65 Å². The molecule has 1 amide bonds. The van der Waals surface area contributed by atoms with E-state index in [-0.39, 0.29) is 23.0 Å². The van der Waals surface area contributed by atoms with Crippen molar-refractivity contribution in [2.45, 2.75) is 32.2 Å². The molecular formula is C20H22N4O3. The quantitative estimate of drug-likeness (QED) is 0.725. The lowest BCUT2D eigenvalue weighted by Crippen LogP contribution is -2.36. The van der Waals surface area contributed by atoms with Gasteiger partial charge in [-0.3, -0.25) is 19.0 Å². The Morgan fingerprint density at radius 1 is 1.30 bits per heavy atom. The summed E-state index contributed by atoms with van der Waals surface area (Å²) >= 11 is 0. The molecule has 1 N–H and O–H groups in total. The lowest BCUT2D eigenvalue weighted by molar-refractivity contribution is 0.0717. The van der Waals surface area contributed by atoms with Crippen LogP contribution in [0.15, 0.2) is 53.8 Å². The molecule has 0 aliphatic rings. The third-order valence-electron chi connectivity index (χ3n) is 4.63. The summed E-state index contributed by atoms with van der Waals surface area (Å²) < 4.78 is 1.18. The van der Waals surface area contributed by atoms with E-state index in [4.69, 9.17) is 0 Å². The van der Waals surface area contributed by atoms with Crippen LogP contribution in [-0.2, 0) is 0 Å². The molecule has 3 rings (SSSR count). The summed E-state index contributed by atoms with van der Waals surface area (Å²) in [5, 5.41) is 9.84. The molecule has 0 radical (unpaired) electrons. The number of aromatic nitrogens is 3. The van der Waals surface area contributed by atoms with Crippen LogP contribution in [0.3, 0.4) is 0 Å². The Morgan fingerprint density at radius 2 is 2.11 bits per heavy atom. The number of carbonyl (C=O) groups is 1. The van der Waals surface area contributed by atoms with E-state index in [0.29, 0.717) is 0 Å². The Labute approximate surface area is 156 Å². The summed E-state index contributed by atoms with van der Waals surface area (Å²) in [7, 11) is 1.69. The van der Waals surface area contributed by atoms with Gasteiger partial charge < -0.3 is 10.0 Å². The number of hydrogen-bond donors (Lipinski definition) is 1. The van der Waals surface area contributed by atoms with Crippen molar-refractivity contribution in [3.05, 3.63) is 70.5 Å². The van der Waals surface area contributed by atoms with Crippen molar-refractivity contribution >= 4 is 11.6 Å². The third kappa shape index (κ3) is 3.67. The first-order chi connectivity index (χ1) is 13.0. The van der Waals surface area contributed by atoms with Crippen molar-refractivity contribution < 1.29 is 9.90 Å². The second-order valence-corrected chi connectivity index (χ2v) is 6.42. The molecule has 0 aliphatic carbocycles. The molecule has 0 bridgehead atoms. The molecule has 140 valence electrons. The number of nitrogens with zero attached hydrogens (tertiary/aromatic N) is 4. The molecule has 7 nitrogen and oxygen atoms in total. The molecule has 3 aromatic heterocycles. The van der Waals surface area contributed by atoms with Crippen molar-refractivity contribution in [3.8, 4) is 5.75 Å². The molecule has 27 heavy (non-hydrogen) atoms. The highest BCUT2D eigenvalue weighted by Gasteiger charge is 2.25. The van der Waals surface area contributed by atoms with E-state index >= 15 is 0 Å². The van der Waals surface area contributed by atoms with Crippen LogP contribution in [0.5, 0.6) is 5.75 Å². The van der Waals surface area contributed by atoms with Gasteiger partial charge >= 0.3 is 0 Å². The molecule has 0 unspecified atom stereocenters. The fourth-order valence-electron chi connectivity index (χ4n) is 3.12. The molecule has 0 aliphatic heterocycles. The summed E-state index contributed by atoms with van der Waals surface area (Å²) in [5.41, 5.74) is 0.504. The van der Waals surface area contributed by atoms with E-state index in [2.05, 4.69) is 16.9 Å². The second-order valence-electron chi connectivity index (χ2n) is 6.42. The van der Waals surface area contributed by atoms with Gasteiger partial charge in [-0.25, -0.2) is 4.98 Å². The Balaban J connectivity index is 1.99. The van der Waals surface area contributed by atoms with Crippen LogP contribution in [0, 0.1) is 0 Å². The van der Waals surface area contributed by atoms with Gasteiger partial charge in [-0.05, 0) is 30.2 Å². The number of fused-ring (bicyclic) bond motifs is 1. The zero-order valence-corrected chi connectivity index (χ0v) is 15.4. The molecule has 0 saturated heterocycles. The molecule has 0 aromatic carbocycles. The fraction of sp³-hybridized carbons (Fsp3) is 0.300. The molecule has 1 atom stereocenters. The summed E-state index contributed by atoms with van der Waals surface area (Å²) in [6, 6.07) is 6.56. The number of rotatable bonds is 6. The molecule has 0 spiro atoms. The van der Waals surface area contributed by atoms with Crippen LogP contribution in [0.1, 0.15) is 48.1 Å². The van der Waals surface area contributed by atoms with Gasteiger partial charge in [0.1, 0.15) is 5.56 Å². The van der Waals surface area contributed by atoms with Crippen LogP contribution in [-0.4, -0.2) is 37.3 Å². The van der Waals surface area contributed by atoms with Crippen LogP contribution < -0.4 is 5.56 Å². The van der Waals surface area contributed by atoms with Gasteiger partial charge in [-0.2, -0.15) is 0 Å². The Bertz CT molecular complexity index is 1000. The van der Waals surface area contributed by atoms with Crippen molar-refractivity contribution in [3.63, 3.8) is 0 Å². The minimum absolute atomic E-state index is 0.0361. The minimum atomic E-state index is -0.506. The van der Waals surface area contributed by atoms with Crippen LogP contribution in [0.2, 0.25) is 0 Å². The van der Waals surface area contributed by atoms with Gasteiger partial charge in [0.05, 0.1) is 6.04 Å². The predicted octanol–water partition coefficient (Wildman–Crippen LogP) is 2.80. The number of unbranched alkanes of at least 4 members (excludes halogenated alkanes) is 1. The minimum Gasteiger partial charge on any atom is -0.504 e. The maximum absolute atomic E-state index is 13.1. The Kier molecular flexibility index (Phi) is 5.49. The summed E-state index contributed by atoms with van der Waals surface area (Å²) in [6.45, 7) is 2.09. The second kappa shape index (κ2) is 7.99. The first-order valence-corrected chi connectivity index (χ1v) is 8.91. The van der Waals surface area contributed by atoms with Gasteiger partial charge in [-0.1, -0.05) is 25.8 Å². The summed E-state index contributed by atoms with van der Waals surface area (Å²) in [6.07, 6.45) is 8.86. The number of aromatic hydroxyl groups is 1. The maximum Gasteiger partial charge on any atom is 0.270 e. The maximum atomic E-state index is 13.1. The molecule has 0 fully saturated rings. The average molecular weight is 366 g/mol. The van der Waals surface area contributed by atoms with Gasteiger partial charge in [0.25, 0.3) is 11.5 Å². The molecular weight excluding hydrogens is 344 g/mol. The van der Waals surface area contributed by atoms with Gasteiger partial charge in [0, 0.05) is 31.8 Å². The van der Waals surface area contributed by atoms with E-state index in [1.807, 2.05) is 12.1 Å². The van der Waals surface area contributed by atoms with E-state index in [1.165, 1.54) is 28.9 Å². The number of pyridine rings is 2. The van der Waals surface area contributed by atoms with E-state index < -0.39 is 11.5 Å². The monoisotopic (exact) mass is 366 g/mol. The van der Waals surface area contributed by atoms with Gasteiger partial charge in [0.15, 0.2) is 11.4 Å². The zero-order chi connectivity index (χ0) is 19.4. The average Bonchev–Trinajstić information content (AvgIpc) is 2.69. The largest absolute Gasteiger partial charge is 0.504 e. The standard InChI is InChI=1S/C20H22N4O3/c1-3-4-8-16(14-7-5-10-21-12-14)23(2)19(26)15-13-22-18-17(25)9-6-11-24(18)20(15)27/h5-7,9-13,16,25H,3-4,8H2,1-2H3/t16-/m0/s1. The van der Waals surface area contributed by atoms with Crippen molar-refractivity contribution in [2.24, 2.45) is 0 Å². The first kappa shape index (κ1) is 18.6. The lowest BCUT2D eigenvalue weighted by atomic mass is 10.0. The van der Waals surface area contributed by atoms with Crippen LogP contribution in [0.4, 0.5) is 0 Å². The first-order valence-electron chi connectivity index (χ1n) is 8.91. The van der Waals surface area contributed by atoms with Gasteiger partial charge in [0.2, 0.25) is 0 Å². The normalized spacial score (nSPS) is 12.1. The van der Waals surface area contributed by atoms with Crippen molar-refractivity contribution in [1.29, 1.82) is 0 Å². The van der Waals surface area contributed by atoms with E-state index in [1.54, 1.807) is 24.3 Å². The SMILES string of the molecule is CCCC[C@@H](c1cccnc1)N(C)C(=O)c1cnc2c(O)cccn2c1=O. The molecule has 0 saturated carbocycles. The summed E-state index contributed by atoms with van der Waals surface area (Å²) in [4.78, 5) is 35.6. The summed E-state index contributed by atoms with van der Waals surface area (Å²) in [5.74, 6) is -0.520. The number of amides is 1. The van der Waals surface area contributed by atoms with Crippen molar-refractivity contribution in [1.82, 2.24) is 19.3 Å². The highest BCUT2D eigenvalue weighted by molar-refractivity contribution is 5.94.